The molecule has 1 aromatic heterocycles. The normalized spacial score (nSPS) is 19.1. The number of aromatic nitrogens is 1. The fourth-order valence-corrected chi connectivity index (χ4v) is 3.43. The van der Waals surface area contributed by atoms with Gasteiger partial charge in [0, 0.05) is 27.1 Å². The number of carbonyl (C=O) groups excluding carboxylic acids is 1. The fraction of sp³-hybridized carbons (Fsp3) is 0.615. The highest BCUT2D eigenvalue weighted by Gasteiger charge is 2.26. The van der Waals surface area contributed by atoms with Crippen LogP contribution in [0.5, 0.6) is 0 Å². The summed E-state index contributed by atoms with van der Waals surface area (Å²) in [6.07, 6.45) is 2.12. The van der Waals surface area contributed by atoms with Gasteiger partial charge < -0.3 is 14.7 Å². The lowest BCUT2D eigenvalue weighted by Crippen LogP contribution is -2.37. The molecule has 1 aromatic rings. The van der Waals surface area contributed by atoms with E-state index in [9.17, 15) is 9.59 Å². The van der Waals surface area contributed by atoms with Crippen molar-refractivity contribution in [3.8, 4) is 0 Å². The minimum absolute atomic E-state index is 0.133. The summed E-state index contributed by atoms with van der Waals surface area (Å²) in [4.78, 5) is 29.1. The van der Waals surface area contributed by atoms with Crippen LogP contribution in [0.3, 0.4) is 0 Å². The number of carboxylic acids is 1. The molecule has 110 valence electrons. The second-order valence-electron chi connectivity index (χ2n) is 4.95. The van der Waals surface area contributed by atoms with Crippen molar-refractivity contribution >= 4 is 28.2 Å². The van der Waals surface area contributed by atoms with E-state index in [1.165, 1.54) is 18.3 Å². The Morgan fingerprint density at radius 3 is 2.85 bits per heavy atom. The molecule has 1 N–H and O–H groups in total. The molecule has 1 aliphatic rings. The van der Waals surface area contributed by atoms with Crippen LogP contribution in [-0.2, 0) is 4.74 Å². The molecule has 0 bridgehead atoms. The summed E-state index contributed by atoms with van der Waals surface area (Å²) in [5.74, 6) is -0.980. The van der Waals surface area contributed by atoms with Crippen molar-refractivity contribution < 1.29 is 19.4 Å². The number of hydrogen-bond acceptors (Lipinski definition) is 6. The number of Topliss-reactive ketones (excluding diaryl/α,β-unsaturated/α-hetero) is 1. The van der Waals surface area contributed by atoms with Crippen LogP contribution in [0.25, 0.3) is 0 Å². The molecular weight excluding hydrogens is 280 g/mol. The highest BCUT2D eigenvalue weighted by atomic mass is 32.1. The Morgan fingerprint density at radius 2 is 2.30 bits per heavy atom. The first-order valence-corrected chi connectivity index (χ1v) is 7.33. The topological polar surface area (TPSA) is 79.7 Å². The molecule has 0 amide bonds. The number of thiazole rings is 1. The van der Waals surface area contributed by atoms with Crippen LogP contribution in [0.4, 0.5) is 5.13 Å². The highest BCUT2D eigenvalue weighted by Crippen LogP contribution is 2.30. The number of nitrogens with zero attached hydrogens (tertiary/aromatic N) is 2. The Balaban J connectivity index is 2.22. The molecule has 0 aromatic carbocycles. The van der Waals surface area contributed by atoms with Crippen LogP contribution in [0.2, 0.25) is 0 Å². The van der Waals surface area contributed by atoms with Crippen LogP contribution in [0.15, 0.2) is 0 Å². The quantitative estimate of drug-likeness (QED) is 0.836. The molecule has 20 heavy (non-hydrogen) atoms. The maximum Gasteiger partial charge on any atom is 0.356 e. The summed E-state index contributed by atoms with van der Waals surface area (Å²) >= 11 is 1.17. The molecular formula is C13H18N2O4S. The Morgan fingerprint density at radius 1 is 1.55 bits per heavy atom. The van der Waals surface area contributed by atoms with E-state index < -0.39 is 5.97 Å². The van der Waals surface area contributed by atoms with Crippen molar-refractivity contribution in [2.24, 2.45) is 5.92 Å². The maximum absolute atomic E-state index is 11.5. The molecule has 1 unspecified atom stereocenters. The Labute approximate surface area is 121 Å². The fourth-order valence-electron chi connectivity index (χ4n) is 2.44. The third kappa shape index (κ3) is 3.16. The maximum atomic E-state index is 11.5. The minimum Gasteiger partial charge on any atom is -0.476 e. The number of carboxylic acid groups (broad SMARTS) is 1. The lowest BCUT2D eigenvalue weighted by molar-refractivity contribution is 0.0687. The zero-order valence-corrected chi connectivity index (χ0v) is 12.4. The van der Waals surface area contributed by atoms with Gasteiger partial charge in [-0.15, -0.1) is 0 Å². The summed E-state index contributed by atoms with van der Waals surface area (Å²) in [7, 11) is 1.68. The van der Waals surface area contributed by atoms with Crippen LogP contribution in [-0.4, -0.2) is 48.6 Å². The van der Waals surface area contributed by atoms with Crippen LogP contribution in [0, 0.1) is 5.92 Å². The molecule has 1 atom stereocenters. The van der Waals surface area contributed by atoms with Gasteiger partial charge in [-0.1, -0.05) is 11.3 Å². The number of piperidine rings is 1. The predicted molar refractivity (Wildman–Crippen MR) is 75.9 cm³/mol. The molecule has 2 rings (SSSR count). The molecule has 1 aliphatic heterocycles. The average Bonchev–Trinajstić information content (AvgIpc) is 2.85. The summed E-state index contributed by atoms with van der Waals surface area (Å²) in [6, 6.07) is 0. The third-order valence-corrected chi connectivity index (χ3v) is 4.55. The van der Waals surface area contributed by atoms with Crippen molar-refractivity contribution in [2.75, 3.05) is 31.7 Å². The zero-order valence-electron chi connectivity index (χ0n) is 11.6. The molecule has 0 radical (unpaired) electrons. The van der Waals surface area contributed by atoms with Gasteiger partial charge in [0.15, 0.2) is 16.6 Å². The summed E-state index contributed by atoms with van der Waals surface area (Å²) < 4.78 is 5.18. The second-order valence-corrected chi connectivity index (χ2v) is 5.92. The van der Waals surface area contributed by atoms with E-state index in [1.54, 1.807) is 7.11 Å². The van der Waals surface area contributed by atoms with Crippen molar-refractivity contribution in [1.29, 1.82) is 0 Å². The van der Waals surface area contributed by atoms with E-state index in [0.29, 0.717) is 17.7 Å². The minimum atomic E-state index is -1.15. The van der Waals surface area contributed by atoms with Gasteiger partial charge >= 0.3 is 5.97 Å². The van der Waals surface area contributed by atoms with Gasteiger partial charge in [0.05, 0.1) is 6.61 Å². The summed E-state index contributed by atoms with van der Waals surface area (Å²) in [6.45, 7) is 3.68. The Kier molecular flexibility index (Phi) is 4.72. The van der Waals surface area contributed by atoms with E-state index in [2.05, 4.69) is 9.88 Å². The smallest absolute Gasteiger partial charge is 0.356 e. The molecule has 1 fully saturated rings. The Hall–Kier alpha value is -1.47. The van der Waals surface area contributed by atoms with Gasteiger partial charge in [0.25, 0.3) is 0 Å². The van der Waals surface area contributed by atoms with Crippen LogP contribution in [0.1, 0.15) is 39.9 Å². The first kappa shape index (κ1) is 14.9. The average molecular weight is 298 g/mol. The molecule has 7 heteroatoms. The van der Waals surface area contributed by atoms with Gasteiger partial charge in [-0.2, -0.15) is 0 Å². The van der Waals surface area contributed by atoms with E-state index in [4.69, 9.17) is 9.84 Å². The SMILES string of the molecule is COCC1CCCN(c2nc(C(=O)O)c(C(C)=O)s2)C1. The number of aromatic carboxylic acids is 1. The number of anilines is 1. The number of methoxy groups -OCH3 is 1. The van der Waals surface area contributed by atoms with Gasteiger partial charge in [-0.3, -0.25) is 4.79 Å². The van der Waals surface area contributed by atoms with Gasteiger partial charge in [-0.05, 0) is 18.8 Å². The van der Waals surface area contributed by atoms with Crippen LogP contribution < -0.4 is 4.90 Å². The lowest BCUT2D eigenvalue weighted by atomic mass is 9.99. The molecule has 0 spiro atoms. The van der Waals surface area contributed by atoms with Crippen molar-refractivity contribution in [3.63, 3.8) is 0 Å². The molecule has 1 saturated heterocycles. The van der Waals surface area contributed by atoms with E-state index in [1.807, 2.05) is 0 Å². The monoisotopic (exact) mass is 298 g/mol. The Bertz CT molecular complexity index is 481. The van der Waals surface area contributed by atoms with E-state index in [-0.39, 0.29) is 16.4 Å². The second kappa shape index (κ2) is 6.32. The first-order chi connectivity index (χ1) is 9.52. The van der Waals surface area contributed by atoms with Crippen molar-refractivity contribution in [3.05, 3.63) is 10.6 Å². The van der Waals surface area contributed by atoms with Crippen molar-refractivity contribution in [2.45, 2.75) is 19.8 Å². The molecule has 0 aliphatic carbocycles. The largest absolute Gasteiger partial charge is 0.476 e. The first-order valence-electron chi connectivity index (χ1n) is 6.52. The third-order valence-electron chi connectivity index (χ3n) is 3.33. The molecule has 2 heterocycles. The highest BCUT2D eigenvalue weighted by molar-refractivity contribution is 7.17. The number of ketones is 1. The van der Waals surface area contributed by atoms with Gasteiger partial charge in [0.2, 0.25) is 0 Å². The van der Waals surface area contributed by atoms with E-state index in [0.717, 1.165) is 25.9 Å². The van der Waals surface area contributed by atoms with Crippen LogP contribution >= 0.6 is 11.3 Å². The number of hydrogen-bond donors (Lipinski definition) is 1. The zero-order chi connectivity index (χ0) is 14.7. The number of carbonyl (C=O) groups is 2. The van der Waals surface area contributed by atoms with Gasteiger partial charge in [-0.25, -0.2) is 9.78 Å². The number of ether oxygens (including phenoxy) is 1. The number of rotatable bonds is 5. The molecule has 0 saturated carbocycles. The lowest BCUT2D eigenvalue weighted by Gasteiger charge is -2.32. The summed E-state index contributed by atoms with van der Waals surface area (Å²) in [5, 5.41) is 9.73. The van der Waals surface area contributed by atoms with Crippen molar-refractivity contribution in [1.82, 2.24) is 4.98 Å². The standard InChI is InChI=1S/C13H18N2O4S/c1-8(16)11-10(12(17)18)14-13(20-11)15-5-3-4-9(6-15)7-19-2/h9H,3-7H2,1-2H3,(H,17,18). The molecule has 6 nitrogen and oxygen atoms in total. The van der Waals surface area contributed by atoms with E-state index >= 15 is 0 Å². The van der Waals surface area contributed by atoms with Gasteiger partial charge in [0.1, 0.15) is 4.88 Å². The summed E-state index contributed by atoms with van der Waals surface area (Å²) in [5.41, 5.74) is -0.133. The predicted octanol–water partition coefficient (Wildman–Crippen LogP) is 1.91.